The predicted molar refractivity (Wildman–Crippen MR) is 68.6 cm³/mol. The molecule has 0 radical (unpaired) electrons. The predicted octanol–water partition coefficient (Wildman–Crippen LogP) is 2.39. The van der Waals surface area contributed by atoms with Gasteiger partial charge in [0, 0.05) is 4.47 Å². The summed E-state index contributed by atoms with van der Waals surface area (Å²) in [5.41, 5.74) is 0.861. The van der Waals surface area contributed by atoms with Crippen molar-refractivity contribution < 1.29 is 5.11 Å². The summed E-state index contributed by atoms with van der Waals surface area (Å²) in [4.78, 5) is 4.21. The smallest absolute Gasteiger partial charge is 0.147 e. The van der Waals surface area contributed by atoms with Crippen molar-refractivity contribution in [1.29, 1.82) is 0 Å². The molecule has 1 atom stereocenters. The Morgan fingerprint density at radius 3 is 2.65 bits per heavy atom. The molecule has 0 saturated carbocycles. The molecular weight excluding hydrogens is 282 g/mol. The van der Waals surface area contributed by atoms with Crippen LogP contribution in [0.2, 0.25) is 0 Å². The molecule has 90 valence electrons. The topological polar surface area (TPSA) is 50.9 Å². The van der Waals surface area contributed by atoms with Crippen molar-refractivity contribution in [3.63, 3.8) is 0 Å². The summed E-state index contributed by atoms with van der Waals surface area (Å²) in [5.74, 6) is 1.54. The van der Waals surface area contributed by atoms with Crippen LogP contribution < -0.4 is 0 Å². The number of benzene rings is 1. The average molecular weight is 296 g/mol. The highest BCUT2D eigenvalue weighted by Gasteiger charge is 2.13. The molecule has 0 bridgehead atoms. The van der Waals surface area contributed by atoms with Crippen LogP contribution in [0.1, 0.15) is 23.3 Å². The molecule has 1 unspecified atom stereocenters. The summed E-state index contributed by atoms with van der Waals surface area (Å²) in [5, 5.41) is 14.4. The van der Waals surface area contributed by atoms with E-state index in [0.717, 1.165) is 21.7 Å². The summed E-state index contributed by atoms with van der Waals surface area (Å²) in [6.45, 7) is 4.14. The maximum atomic E-state index is 10.2. The molecule has 0 aliphatic heterocycles. The van der Waals surface area contributed by atoms with Crippen molar-refractivity contribution in [2.45, 2.75) is 26.5 Å². The first-order chi connectivity index (χ1) is 8.08. The molecular formula is C12H14BrN3O. The minimum absolute atomic E-state index is 0.412. The first-order valence-corrected chi connectivity index (χ1v) is 6.18. The number of aromatic nitrogens is 3. The summed E-state index contributed by atoms with van der Waals surface area (Å²) < 4.78 is 2.63. The molecule has 0 aliphatic carbocycles. The molecule has 5 heteroatoms. The first-order valence-electron chi connectivity index (χ1n) is 5.38. The fourth-order valence-corrected chi connectivity index (χ4v) is 2.29. The van der Waals surface area contributed by atoms with E-state index in [1.54, 1.807) is 4.68 Å². The summed E-state index contributed by atoms with van der Waals surface area (Å²) in [6, 6.07) is 7.64. The number of hydrogen-bond acceptors (Lipinski definition) is 3. The van der Waals surface area contributed by atoms with Crippen LogP contribution >= 0.6 is 15.9 Å². The highest BCUT2D eigenvalue weighted by atomic mass is 79.9. The van der Waals surface area contributed by atoms with Crippen LogP contribution in [0.15, 0.2) is 28.7 Å². The molecule has 0 saturated heterocycles. The Kier molecular flexibility index (Phi) is 3.59. The van der Waals surface area contributed by atoms with Gasteiger partial charge < -0.3 is 5.11 Å². The monoisotopic (exact) mass is 295 g/mol. The van der Waals surface area contributed by atoms with E-state index in [1.165, 1.54) is 0 Å². The number of hydrogen-bond donors (Lipinski definition) is 1. The maximum Gasteiger partial charge on any atom is 0.147 e. The molecule has 4 nitrogen and oxygen atoms in total. The summed E-state index contributed by atoms with van der Waals surface area (Å²) >= 11 is 3.43. The fourth-order valence-electron chi connectivity index (χ4n) is 1.74. The lowest BCUT2D eigenvalue weighted by molar-refractivity contribution is 0.149. The van der Waals surface area contributed by atoms with E-state index in [4.69, 9.17) is 0 Å². The Morgan fingerprint density at radius 2 is 2.06 bits per heavy atom. The minimum Gasteiger partial charge on any atom is -0.386 e. The van der Waals surface area contributed by atoms with Crippen LogP contribution in [0, 0.1) is 13.8 Å². The van der Waals surface area contributed by atoms with E-state index >= 15 is 0 Å². The SMILES string of the molecule is Cc1nc(C)n(CC(O)c2ccccc2Br)n1. The van der Waals surface area contributed by atoms with Crippen molar-refractivity contribution in [3.05, 3.63) is 46.0 Å². The fraction of sp³-hybridized carbons (Fsp3) is 0.333. The van der Waals surface area contributed by atoms with E-state index in [2.05, 4.69) is 26.0 Å². The Balaban J connectivity index is 2.20. The van der Waals surface area contributed by atoms with Crippen molar-refractivity contribution >= 4 is 15.9 Å². The highest BCUT2D eigenvalue weighted by Crippen LogP contribution is 2.24. The van der Waals surface area contributed by atoms with E-state index in [1.807, 2.05) is 38.1 Å². The molecule has 1 aromatic heterocycles. The molecule has 0 spiro atoms. The third-order valence-corrected chi connectivity index (χ3v) is 3.29. The third-order valence-electron chi connectivity index (χ3n) is 2.57. The Hall–Kier alpha value is -1.20. The number of aryl methyl sites for hydroxylation is 2. The van der Waals surface area contributed by atoms with Gasteiger partial charge in [-0.3, -0.25) is 0 Å². The van der Waals surface area contributed by atoms with Crippen molar-refractivity contribution in [1.82, 2.24) is 14.8 Å². The lowest BCUT2D eigenvalue weighted by atomic mass is 10.1. The quantitative estimate of drug-likeness (QED) is 0.946. The van der Waals surface area contributed by atoms with Crippen LogP contribution in [0.3, 0.4) is 0 Å². The van der Waals surface area contributed by atoms with Crippen molar-refractivity contribution in [2.75, 3.05) is 0 Å². The second-order valence-corrected chi connectivity index (χ2v) is 4.78. The molecule has 17 heavy (non-hydrogen) atoms. The van der Waals surface area contributed by atoms with Crippen LogP contribution in [0.5, 0.6) is 0 Å². The standard InChI is InChI=1S/C12H14BrN3O/c1-8-14-9(2)16(15-8)7-12(17)10-5-3-4-6-11(10)13/h3-6,12,17H,7H2,1-2H3. The lowest BCUT2D eigenvalue weighted by Gasteiger charge is -2.13. The zero-order chi connectivity index (χ0) is 12.4. The zero-order valence-electron chi connectivity index (χ0n) is 9.76. The zero-order valence-corrected chi connectivity index (χ0v) is 11.3. The summed E-state index contributed by atoms with van der Waals surface area (Å²) in [7, 11) is 0. The normalized spacial score (nSPS) is 12.7. The van der Waals surface area contributed by atoms with E-state index in [0.29, 0.717) is 6.54 Å². The highest BCUT2D eigenvalue weighted by molar-refractivity contribution is 9.10. The van der Waals surface area contributed by atoms with Gasteiger partial charge in [0.05, 0.1) is 12.6 Å². The molecule has 0 amide bonds. The molecule has 1 N–H and O–H groups in total. The summed E-state index contributed by atoms with van der Waals surface area (Å²) in [6.07, 6.45) is -0.592. The Bertz CT molecular complexity index is 524. The first kappa shape index (κ1) is 12.3. The van der Waals surface area contributed by atoms with Crippen LogP contribution in [0.4, 0.5) is 0 Å². The number of rotatable bonds is 3. The van der Waals surface area contributed by atoms with Gasteiger partial charge in [0.2, 0.25) is 0 Å². The minimum atomic E-state index is -0.592. The Labute approximate surface area is 108 Å². The van der Waals surface area contributed by atoms with Gasteiger partial charge >= 0.3 is 0 Å². The molecule has 0 aliphatic rings. The van der Waals surface area contributed by atoms with Gasteiger partial charge in [0.1, 0.15) is 11.6 Å². The third kappa shape index (κ3) is 2.73. The van der Waals surface area contributed by atoms with Crippen molar-refractivity contribution in [2.24, 2.45) is 0 Å². The van der Waals surface area contributed by atoms with Crippen LogP contribution in [0.25, 0.3) is 0 Å². The van der Waals surface area contributed by atoms with Gasteiger partial charge in [-0.2, -0.15) is 5.10 Å². The maximum absolute atomic E-state index is 10.2. The number of aliphatic hydroxyl groups is 1. The van der Waals surface area contributed by atoms with Crippen molar-refractivity contribution in [3.8, 4) is 0 Å². The van der Waals surface area contributed by atoms with Crippen LogP contribution in [-0.4, -0.2) is 19.9 Å². The van der Waals surface area contributed by atoms with E-state index in [9.17, 15) is 5.11 Å². The van der Waals surface area contributed by atoms with E-state index < -0.39 is 6.10 Å². The van der Waals surface area contributed by atoms with E-state index in [-0.39, 0.29) is 0 Å². The molecule has 2 aromatic rings. The number of halogens is 1. The molecule has 1 heterocycles. The van der Waals surface area contributed by atoms with Gasteiger partial charge in [-0.05, 0) is 25.5 Å². The largest absolute Gasteiger partial charge is 0.386 e. The molecule has 1 aromatic carbocycles. The second kappa shape index (κ2) is 4.98. The van der Waals surface area contributed by atoms with Gasteiger partial charge in [-0.25, -0.2) is 9.67 Å². The second-order valence-electron chi connectivity index (χ2n) is 3.93. The van der Waals surface area contributed by atoms with Gasteiger partial charge in [0.25, 0.3) is 0 Å². The van der Waals surface area contributed by atoms with Gasteiger partial charge in [-0.1, -0.05) is 34.1 Å². The average Bonchev–Trinajstić information content (AvgIpc) is 2.58. The Morgan fingerprint density at radius 1 is 1.35 bits per heavy atom. The van der Waals surface area contributed by atoms with Gasteiger partial charge in [0.15, 0.2) is 0 Å². The van der Waals surface area contributed by atoms with Gasteiger partial charge in [-0.15, -0.1) is 0 Å². The molecule has 2 rings (SSSR count). The van der Waals surface area contributed by atoms with Crippen LogP contribution in [-0.2, 0) is 6.54 Å². The number of aliphatic hydroxyl groups excluding tert-OH is 1. The number of nitrogens with zero attached hydrogens (tertiary/aromatic N) is 3. The molecule has 0 fully saturated rings. The lowest BCUT2D eigenvalue weighted by Crippen LogP contribution is -2.12.